The lowest BCUT2D eigenvalue weighted by Gasteiger charge is -2.10. The van der Waals surface area contributed by atoms with E-state index in [0.717, 1.165) is 12.1 Å². The fourth-order valence-electron chi connectivity index (χ4n) is 1.30. The standard InChI is InChI=1S/C11H5BrF3NO3S/c12-5-3-6(11(13,14)15)9(16-4-5)20-8-2-1-7(19-8)10(17)18/h1-4H,(H,17,18). The van der Waals surface area contributed by atoms with Crippen LogP contribution in [0.2, 0.25) is 0 Å². The zero-order valence-corrected chi connectivity index (χ0v) is 11.8. The molecule has 0 fully saturated rings. The van der Waals surface area contributed by atoms with Crippen molar-refractivity contribution in [3.05, 3.63) is 40.2 Å². The van der Waals surface area contributed by atoms with E-state index in [-0.39, 0.29) is 20.4 Å². The molecule has 9 heteroatoms. The van der Waals surface area contributed by atoms with E-state index in [1.54, 1.807) is 0 Å². The molecule has 2 aromatic heterocycles. The second kappa shape index (κ2) is 5.49. The van der Waals surface area contributed by atoms with Crippen molar-refractivity contribution in [3.8, 4) is 0 Å². The SMILES string of the molecule is O=C(O)c1ccc(Sc2ncc(Br)cc2C(F)(F)F)o1. The van der Waals surface area contributed by atoms with E-state index in [9.17, 15) is 18.0 Å². The van der Waals surface area contributed by atoms with Crippen LogP contribution in [0.15, 0.2) is 43.4 Å². The van der Waals surface area contributed by atoms with Crippen molar-refractivity contribution < 1.29 is 27.5 Å². The Morgan fingerprint density at radius 2 is 2.10 bits per heavy atom. The highest BCUT2D eigenvalue weighted by Gasteiger charge is 2.35. The number of hydrogen-bond acceptors (Lipinski definition) is 4. The molecule has 0 aromatic carbocycles. The monoisotopic (exact) mass is 367 g/mol. The van der Waals surface area contributed by atoms with Gasteiger partial charge < -0.3 is 9.52 Å². The smallest absolute Gasteiger partial charge is 0.419 e. The van der Waals surface area contributed by atoms with Gasteiger partial charge in [0.2, 0.25) is 5.76 Å². The highest BCUT2D eigenvalue weighted by molar-refractivity contribution is 9.10. The third kappa shape index (κ3) is 3.34. The summed E-state index contributed by atoms with van der Waals surface area (Å²) in [5.74, 6) is -1.64. The van der Waals surface area contributed by atoms with Crippen molar-refractivity contribution in [2.75, 3.05) is 0 Å². The summed E-state index contributed by atoms with van der Waals surface area (Å²) in [4.78, 5) is 14.3. The van der Waals surface area contributed by atoms with Crippen LogP contribution < -0.4 is 0 Å². The van der Waals surface area contributed by atoms with E-state index >= 15 is 0 Å². The first-order valence-corrected chi connectivity index (χ1v) is 6.62. The minimum Gasteiger partial charge on any atom is -0.475 e. The average Bonchev–Trinajstić information content (AvgIpc) is 2.79. The minimum atomic E-state index is -4.57. The van der Waals surface area contributed by atoms with Gasteiger partial charge in [-0.2, -0.15) is 13.2 Å². The van der Waals surface area contributed by atoms with Crippen molar-refractivity contribution >= 4 is 33.7 Å². The van der Waals surface area contributed by atoms with Crippen LogP contribution in [-0.4, -0.2) is 16.1 Å². The molecule has 106 valence electrons. The molecule has 1 N–H and O–H groups in total. The van der Waals surface area contributed by atoms with Gasteiger partial charge >= 0.3 is 12.1 Å². The van der Waals surface area contributed by atoms with E-state index in [0.29, 0.717) is 11.8 Å². The van der Waals surface area contributed by atoms with Gasteiger partial charge in [-0.25, -0.2) is 9.78 Å². The molecule has 0 saturated carbocycles. The molecular weight excluding hydrogens is 363 g/mol. The Morgan fingerprint density at radius 3 is 2.65 bits per heavy atom. The molecule has 0 saturated heterocycles. The van der Waals surface area contributed by atoms with Crippen LogP contribution in [0.3, 0.4) is 0 Å². The Morgan fingerprint density at radius 1 is 1.40 bits per heavy atom. The largest absolute Gasteiger partial charge is 0.475 e. The van der Waals surface area contributed by atoms with Gasteiger partial charge in [0.1, 0.15) is 5.03 Å². The maximum absolute atomic E-state index is 12.9. The lowest BCUT2D eigenvalue weighted by molar-refractivity contribution is -0.140. The van der Waals surface area contributed by atoms with Gasteiger partial charge in [0.05, 0.1) is 5.56 Å². The summed E-state index contributed by atoms with van der Waals surface area (Å²) in [6, 6.07) is 3.34. The Bertz CT molecular complexity index is 657. The molecule has 0 bridgehead atoms. The van der Waals surface area contributed by atoms with Crippen molar-refractivity contribution in [1.82, 2.24) is 4.98 Å². The number of hydrogen-bond donors (Lipinski definition) is 1. The molecule has 0 aliphatic rings. The Balaban J connectivity index is 2.35. The molecule has 0 amide bonds. The minimum absolute atomic E-state index is 0.0164. The topological polar surface area (TPSA) is 63.3 Å². The fraction of sp³-hybridized carbons (Fsp3) is 0.0909. The lowest BCUT2D eigenvalue weighted by Crippen LogP contribution is -2.08. The number of carbonyl (C=O) groups is 1. The molecule has 20 heavy (non-hydrogen) atoms. The third-order valence-corrected chi connectivity index (χ3v) is 3.49. The molecule has 0 spiro atoms. The Labute approximate surface area is 123 Å². The number of alkyl halides is 3. The molecular formula is C11H5BrF3NO3S. The average molecular weight is 368 g/mol. The Kier molecular flexibility index (Phi) is 4.09. The molecule has 0 radical (unpaired) electrons. The number of pyridine rings is 1. The van der Waals surface area contributed by atoms with E-state index in [1.165, 1.54) is 12.3 Å². The first-order valence-electron chi connectivity index (χ1n) is 5.01. The summed E-state index contributed by atoms with van der Waals surface area (Å²) in [6.07, 6.45) is -3.35. The third-order valence-electron chi connectivity index (χ3n) is 2.11. The number of nitrogens with zero attached hydrogens (tertiary/aromatic N) is 1. The first kappa shape index (κ1) is 14.9. The van der Waals surface area contributed by atoms with Gasteiger partial charge in [-0.1, -0.05) is 0 Å². The number of halogens is 4. The summed E-state index contributed by atoms with van der Waals surface area (Å²) in [6.45, 7) is 0. The summed E-state index contributed by atoms with van der Waals surface area (Å²) in [5, 5.41) is 8.38. The van der Waals surface area contributed by atoms with Gasteiger partial charge in [0, 0.05) is 10.7 Å². The highest BCUT2D eigenvalue weighted by Crippen LogP contribution is 2.39. The zero-order chi connectivity index (χ0) is 14.9. The normalized spacial score (nSPS) is 11.6. The second-order valence-electron chi connectivity index (χ2n) is 3.53. The molecule has 0 aliphatic carbocycles. The van der Waals surface area contributed by atoms with E-state index in [4.69, 9.17) is 9.52 Å². The molecule has 2 rings (SSSR count). The van der Waals surface area contributed by atoms with Crippen molar-refractivity contribution in [1.29, 1.82) is 0 Å². The summed E-state index contributed by atoms with van der Waals surface area (Å²) in [5.41, 5.74) is -0.926. The summed E-state index contributed by atoms with van der Waals surface area (Å²) in [7, 11) is 0. The fourth-order valence-corrected chi connectivity index (χ4v) is 2.48. The number of carboxylic acid groups (broad SMARTS) is 1. The number of carboxylic acids is 1. The Hall–Kier alpha value is -1.48. The summed E-state index contributed by atoms with van der Waals surface area (Å²) >= 11 is 3.53. The van der Waals surface area contributed by atoms with Gasteiger partial charge in [0.25, 0.3) is 0 Å². The van der Waals surface area contributed by atoms with Crippen LogP contribution >= 0.6 is 27.7 Å². The number of aromatic nitrogens is 1. The zero-order valence-electron chi connectivity index (χ0n) is 9.44. The van der Waals surface area contributed by atoms with Crippen LogP contribution in [0.1, 0.15) is 16.1 Å². The molecule has 0 aliphatic heterocycles. The number of rotatable bonds is 3. The van der Waals surface area contributed by atoms with Crippen molar-refractivity contribution in [2.24, 2.45) is 0 Å². The van der Waals surface area contributed by atoms with Gasteiger partial charge in [-0.3, -0.25) is 0 Å². The highest BCUT2D eigenvalue weighted by atomic mass is 79.9. The summed E-state index contributed by atoms with van der Waals surface area (Å²) < 4.78 is 43.7. The number of aromatic carboxylic acids is 1. The molecule has 4 nitrogen and oxygen atoms in total. The van der Waals surface area contributed by atoms with Crippen LogP contribution in [0.4, 0.5) is 13.2 Å². The second-order valence-corrected chi connectivity index (χ2v) is 5.44. The van der Waals surface area contributed by atoms with Crippen LogP contribution in [0, 0.1) is 0 Å². The van der Waals surface area contributed by atoms with E-state index in [2.05, 4.69) is 20.9 Å². The molecule has 0 atom stereocenters. The van der Waals surface area contributed by atoms with E-state index < -0.39 is 17.7 Å². The first-order chi connectivity index (χ1) is 9.27. The van der Waals surface area contributed by atoms with E-state index in [1.807, 2.05) is 0 Å². The molecule has 2 heterocycles. The van der Waals surface area contributed by atoms with Gasteiger partial charge in [0.15, 0.2) is 5.09 Å². The lowest BCUT2D eigenvalue weighted by atomic mass is 10.3. The number of furan rings is 1. The van der Waals surface area contributed by atoms with Crippen LogP contribution in [0.5, 0.6) is 0 Å². The predicted octanol–water partition coefficient (Wildman–Crippen LogP) is 4.31. The maximum atomic E-state index is 12.9. The maximum Gasteiger partial charge on any atom is 0.419 e. The van der Waals surface area contributed by atoms with Gasteiger partial charge in [-0.15, -0.1) is 0 Å². The van der Waals surface area contributed by atoms with Gasteiger partial charge in [-0.05, 0) is 45.9 Å². The molecule has 2 aromatic rings. The van der Waals surface area contributed by atoms with Crippen molar-refractivity contribution in [3.63, 3.8) is 0 Å². The molecule has 0 unspecified atom stereocenters. The van der Waals surface area contributed by atoms with Crippen LogP contribution in [-0.2, 0) is 6.18 Å². The van der Waals surface area contributed by atoms with Crippen molar-refractivity contribution in [2.45, 2.75) is 16.3 Å². The predicted molar refractivity (Wildman–Crippen MR) is 66.7 cm³/mol. The quantitative estimate of drug-likeness (QED) is 0.875. The van der Waals surface area contributed by atoms with Crippen LogP contribution in [0.25, 0.3) is 0 Å².